The summed E-state index contributed by atoms with van der Waals surface area (Å²) in [6.45, 7) is 1.97. The number of aliphatic hydroxyl groups excluding tert-OH is 1. The molecule has 2 aromatic heterocycles. The van der Waals surface area contributed by atoms with E-state index in [4.69, 9.17) is 9.84 Å². The van der Waals surface area contributed by atoms with Gasteiger partial charge in [-0.25, -0.2) is 9.78 Å². The largest absolute Gasteiger partial charge is 0.461 e. The average Bonchev–Trinajstić information content (AvgIpc) is 2.72. The second kappa shape index (κ2) is 4.32. The molecule has 2 aromatic rings. The van der Waals surface area contributed by atoms with E-state index in [1.54, 1.807) is 29.7 Å². The summed E-state index contributed by atoms with van der Waals surface area (Å²) < 4.78 is 6.52. The lowest BCUT2D eigenvalue weighted by Gasteiger charge is -2.03. The summed E-state index contributed by atoms with van der Waals surface area (Å²) in [5, 5.41) is 9.12. The summed E-state index contributed by atoms with van der Waals surface area (Å²) in [5.41, 5.74) is 1.62. The van der Waals surface area contributed by atoms with Gasteiger partial charge in [-0.15, -0.1) is 0 Å². The van der Waals surface area contributed by atoms with Crippen LogP contribution in [0.25, 0.3) is 5.65 Å². The average molecular weight is 220 g/mol. The molecule has 1 N–H and O–H groups in total. The second-order valence-electron chi connectivity index (χ2n) is 3.25. The van der Waals surface area contributed by atoms with Crippen molar-refractivity contribution in [1.82, 2.24) is 9.38 Å². The molecule has 0 aromatic carbocycles. The molecule has 0 radical (unpaired) electrons. The Morgan fingerprint density at radius 3 is 3.12 bits per heavy atom. The minimum absolute atomic E-state index is 0.108. The summed E-state index contributed by atoms with van der Waals surface area (Å²) in [4.78, 5) is 15.7. The predicted octanol–water partition coefficient (Wildman–Crippen LogP) is 1.00. The molecule has 2 rings (SSSR count). The van der Waals surface area contributed by atoms with E-state index in [2.05, 4.69) is 4.98 Å². The van der Waals surface area contributed by atoms with E-state index in [0.29, 0.717) is 23.5 Å². The Morgan fingerprint density at radius 2 is 2.44 bits per heavy atom. The van der Waals surface area contributed by atoms with Crippen molar-refractivity contribution in [3.63, 3.8) is 0 Å². The number of ether oxygens (including phenoxy) is 1. The normalized spacial score (nSPS) is 10.6. The zero-order valence-electron chi connectivity index (χ0n) is 8.88. The van der Waals surface area contributed by atoms with Gasteiger partial charge in [-0.05, 0) is 13.0 Å². The Labute approximate surface area is 92.3 Å². The van der Waals surface area contributed by atoms with Crippen molar-refractivity contribution in [2.75, 3.05) is 6.61 Å². The first-order valence-corrected chi connectivity index (χ1v) is 5.01. The van der Waals surface area contributed by atoms with Crippen LogP contribution in [0.4, 0.5) is 0 Å². The molecule has 0 spiro atoms. The number of esters is 1. The number of carbonyl (C=O) groups is 1. The highest BCUT2D eigenvalue weighted by molar-refractivity contribution is 5.88. The van der Waals surface area contributed by atoms with Crippen LogP contribution in [0.3, 0.4) is 0 Å². The predicted molar refractivity (Wildman–Crippen MR) is 57.1 cm³/mol. The van der Waals surface area contributed by atoms with Crippen molar-refractivity contribution in [2.45, 2.75) is 13.5 Å². The molecule has 0 aliphatic carbocycles. The highest BCUT2D eigenvalue weighted by Gasteiger charge is 2.14. The van der Waals surface area contributed by atoms with Crippen LogP contribution in [0.15, 0.2) is 24.5 Å². The van der Waals surface area contributed by atoms with Gasteiger partial charge in [-0.3, -0.25) is 4.40 Å². The van der Waals surface area contributed by atoms with Gasteiger partial charge >= 0.3 is 5.97 Å². The van der Waals surface area contributed by atoms with Crippen molar-refractivity contribution in [3.05, 3.63) is 35.8 Å². The highest BCUT2D eigenvalue weighted by atomic mass is 16.5. The third-order valence-electron chi connectivity index (χ3n) is 2.27. The molecule has 0 aliphatic heterocycles. The number of nitrogens with zero attached hydrogens (tertiary/aromatic N) is 2. The van der Waals surface area contributed by atoms with Crippen LogP contribution in [-0.4, -0.2) is 27.1 Å². The molecular formula is C11H12N2O3. The summed E-state index contributed by atoms with van der Waals surface area (Å²) >= 11 is 0. The standard InChI is InChI=1S/C11H12N2O3/c1-2-16-11(15)9-6-12-10-8(7-14)4-3-5-13(9)10/h3-6,14H,2,7H2,1H3. The van der Waals surface area contributed by atoms with E-state index in [1.807, 2.05) is 0 Å². The fraction of sp³-hybridized carbons (Fsp3) is 0.273. The number of fused-ring (bicyclic) bond motifs is 1. The molecule has 2 heterocycles. The number of imidazole rings is 1. The van der Waals surface area contributed by atoms with Crippen molar-refractivity contribution in [1.29, 1.82) is 0 Å². The van der Waals surface area contributed by atoms with E-state index < -0.39 is 5.97 Å². The molecule has 16 heavy (non-hydrogen) atoms. The van der Waals surface area contributed by atoms with Gasteiger partial charge in [-0.2, -0.15) is 0 Å². The van der Waals surface area contributed by atoms with Gasteiger partial charge in [0.2, 0.25) is 0 Å². The van der Waals surface area contributed by atoms with Crippen LogP contribution in [0, 0.1) is 0 Å². The summed E-state index contributed by atoms with van der Waals surface area (Å²) in [7, 11) is 0. The lowest BCUT2D eigenvalue weighted by Crippen LogP contribution is -2.08. The van der Waals surface area contributed by atoms with Gasteiger partial charge in [0.25, 0.3) is 0 Å². The number of aromatic nitrogens is 2. The first-order chi connectivity index (χ1) is 7.77. The molecule has 84 valence electrons. The molecule has 0 amide bonds. The van der Waals surface area contributed by atoms with E-state index in [9.17, 15) is 4.79 Å². The first kappa shape index (κ1) is 10.6. The van der Waals surface area contributed by atoms with E-state index in [-0.39, 0.29) is 6.61 Å². The van der Waals surface area contributed by atoms with Gasteiger partial charge < -0.3 is 9.84 Å². The smallest absolute Gasteiger partial charge is 0.356 e. The zero-order chi connectivity index (χ0) is 11.5. The van der Waals surface area contributed by atoms with E-state index in [0.717, 1.165) is 0 Å². The highest BCUT2D eigenvalue weighted by Crippen LogP contribution is 2.12. The lowest BCUT2D eigenvalue weighted by atomic mass is 10.3. The van der Waals surface area contributed by atoms with Crippen molar-refractivity contribution >= 4 is 11.6 Å². The van der Waals surface area contributed by atoms with Crippen LogP contribution in [0.2, 0.25) is 0 Å². The molecule has 5 nitrogen and oxygen atoms in total. The summed E-state index contributed by atoms with van der Waals surface area (Å²) in [6.07, 6.45) is 3.17. The molecule has 0 bridgehead atoms. The summed E-state index contributed by atoms with van der Waals surface area (Å²) in [6, 6.07) is 3.51. The molecule has 0 saturated heterocycles. The van der Waals surface area contributed by atoms with Gasteiger partial charge in [0, 0.05) is 11.8 Å². The van der Waals surface area contributed by atoms with Crippen molar-refractivity contribution in [3.8, 4) is 0 Å². The SMILES string of the molecule is CCOC(=O)c1cnc2c(CO)cccn12. The Morgan fingerprint density at radius 1 is 1.62 bits per heavy atom. The van der Waals surface area contributed by atoms with Gasteiger partial charge in [0.15, 0.2) is 5.69 Å². The minimum atomic E-state index is -0.412. The van der Waals surface area contributed by atoms with E-state index in [1.165, 1.54) is 6.20 Å². The van der Waals surface area contributed by atoms with Crippen LogP contribution >= 0.6 is 0 Å². The molecule has 0 atom stereocenters. The first-order valence-electron chi connectivity index (χ1n) is 5.01. The maximum atomic E-state index is 11.6. The van der Waals surface area contributed by atoms with Gasteiger partial charge in [-0.1, -0.05) is 6.07 Å². The lowest BCUT2D eigenvalue weighted by molar-refractivity contribution is 0.0518. The third-order valence-corrected chi connectivity index (χ3v) is 2.27. The Kier molecular flexibility index (Phi) is 2.87. The Balaban J connectivity index is 2.53. The van der Waals surface area contributed by atoms with Crippen molar-refractivity contribution < 1.29 is 14.6 Å². The van der Waals surface area contributed by atoms with Gasteiger partial charge in [0.1, 0.15) is 5.65 Å². The number of pyridine rings is 1. The molecular weight excluding hydrogens is 208 g/mol. The molecule has 0 saturated carbocycles. The Bertz CT molecular complexity index is 519. The quantitative estimate of drug-likeness (QED) is 0.784. The fourth-order valence-electron chi connectivity index (χ4n) is 1.55. The van der Waals surface area contributed by atoms with Crippen molar-refractivity contribution in [2.24, 2.45) is 0 Å². The molecule has 0 aliphatic rings. The molecule has 0 unspecified atom stereocenters. The van der Waals surface area contributed by atoms with Crippen LogP contribution in [0.5, 0.6) is 0 Å². The topological polar surface area (TPSA) is 63.8 Å². The Hall–Kier alpha value is -1.88. The molecule has 0 fully saturated rings. The van der Waals surface area contributed by atoms with E-state index >= 15 is 0 Å². The second-order valence-corrected chi connectivity index (χ2v) is 3.25. The number of hydrogen-bond donors (Lipinski definition) is 1. The zero-order valence-corrected chi connectivity index (χ0v) is 8.88. The number of hydrogen-bond acceptors (Lipinski definition) is 4. The maximum Gasteiger partial charge on any atom is 0.356 e. The summed E-state index contributed by atoms with van der Waals surface area (Å²) in [5.74, 6) is -0.412. The van der Waals surface area contributed by atoms with Gasteiger partial charge in [0.05, 0.1) is 19.4 Å². The van der Waals surface area contributed by atoms with Crippen LogP contribution in [-0.2, 0) is 11.3 Å². The third kappa shape index (κ3) is 1.65. The number of rotatable bonds is 3. The number of carbonyl (C=O) groups excluding carboxylic acids is 1. The molecule has 5 heteroatoms. The van der Waals surface area contributed by atoms with Crippen LogP contribution < -0.4 is 0 Å². The minimum Gasteiger partial charge on any atom is -0.461 e. The van der Waals surface area contributed by atoms with Crippen LogP contribution in [0.1, 0.15) is 23.0 Å². The monoisotopic (exact) mass is 220 g/mol. The maximum absolute atomic E-state index is 11.6. The fourth-order valence-corrected chi connectivity index (χ4v) is 1.55. The number of aliphatic hydroxyl groups is 1.